The lowest BCUT2D eigenvalue weighted by Crippen LogP contribution is -2.24. The fraction of sp³-hybridized carbons (Fsp3) is 0.250. The Balaban J connectivity index is 1.34. The van der Waals surface area contributed by atoms with Crippen molar-refractivity contribution in [2.75, 3.05) is 5.75 Å². The Morgan fingerprint density at radius 1 is 1.25 bits per heavy atom. The molecule has 0 bridgehead atoms. The number of hydrogen-bond donors (Lipinski definition) is 2. The van der Waals surface area contributed by atoms with E-state index in [-0.39, 0.29) is 5.91 Å². The molecule has 4 aromatic rings. The second-order valence-corrected chi connectivity index (χ2v) is 7.74. The summed E-state index contributed by atoms with van der Waals surface area (Å²) in [6, 6.07) is 12.2. The smallest absolute Gasteiger partial charge is 0.230 e. The number of carbonyl (C=O) groups is 1. The van der Waals surface area contributed by atoms with Gasteiger partial charge in [-0.25, -0.2) is 0 Å². The molecule has 1 amide bonds. The Hall–Kier alpha value is -3.00. The molecule has 2 N–H and O–H groups in total. The molecule has 142 valence electrons. The number of benzene rings is 1. The summed E-state index contributed by atoms with van der Waals surface area (Å²) >= 11 is 1.42. The number of H-pyrrole nitrogens is 1. The van der Waals surface area contributed by atoms with Gasteiger partial charge in [-0.3, -0.25) is 9.36 Å². The summed E-state index contributed by atoms with van der Waals surface area (Å²) in [6.07, 6.45) is 5.82. The van der Waals surface area contributed by atoms with Gasteiger partial charge in [0.25, 0.3) is 0 Å². The fourth-order valence-corrected chi connectivity index (χ4v) is 4.09. The van der Waals surface area contributed by atoms with E-state index in [0.717, 1.165) is 46.0 Å². The van der Waals surface area contributed by atoms with Gasteiger partial charge in [-0.1, -0.05) is 30.0 Å². The van der Waals surface area contributed by atoms with E-state index >= 15 is 0 Å². The normalized spacial score (nSPS) is 13.9. The number of fused-ring (bicyclic) bond motifs is 1. The lowest BCUT2D eigenvalue weighted by atomic mass is 10.1. The number of furan rings is 1. The van der Waals surface area contributed by atoms with Crippen LogP contribution in [0, 0.1) is 0 Å². The highest BCUT2D eigenvalue weighted by atomic mass is 32.2. The molecule has 0 aliphatic heterocycles. The summed E-state index contributed by atoms with van der Waals surface area (Å²) in [5.74, 6) is 1.83. The highest BCUT2D eigenvalue weighted by Crippen LogP contribution is 2.42. The van der Waals surface area contributed by atoms with Gasteiger partial charge in [0, 0.05) is 28.7 Å². The first-order valence-corrected chi connectivity index (χ1v) is 10.2. The average molecular weight is 393 g/mol. The van der Waals surface area contributed by atoms with Gasteiger partial charge in [-0.2, -0.15) is 0 Å². The van der Waals surface area contributed by atoms with Crippen molar-refractivity contribution in [3.63, 3.8) is 0 Å². The minimum absolute atomic E-state index is 0.0552. The number of aromatic nitrogens is 4. The predicted octanol–water partition coefficient (Wildman–Crippen LogP) is 3.76. The quantitative estimate of drug-likeness (QED) is 0.467. The molecule has 7 nitrogen and oxygen atoms in total. The van der Waals surface area contributed by atoms with Gasteiger partial charge < -0.3 is 14.7 Å². The molecule has 1 aliphatic rings. The fourth-order valence-electron chi connectivity index (χ4n) is 3.26. The zero-order chi connectivity index (χ0) is 18.9. The van der Waals surface area contributed by atoms with Crippen molar-refractivity contribution in [3.05, 3.63) is 54.6 Å². The Labute approximate surface area is 165 Å². The molecule has 1 aromatic carbocycles. The van der Waals surface area contributed by atoms with Crippen LogP contribution in [0.4, 0.5) is 0 Å². The second-order valence-electron chi connectivity index (χ2n) is 6.80. The van der Waals surface area contributed by atoms with Crippen LogP contribution in [0.15, 0.2) is 58.4 Å². The average Bonchev–Trinajstić information content (AvgIpc) is 3.13. The molecule has 0 unspecified atom stereocenters. The molecule has 0 spiro atoms. The molecular weight excluding hydrogens is 374 g/mol. The Morgan fingerprint density at radius 3 is 2.96 bits per heavy atom. The van der Waals surface area contributed by atoms with Crippen LogP contribution in [0.2, 0.25) is 0 Å². The Bertz CT molecular complexity index is 1110. The van der Waals surface area contributed by atoms with Gasteiger partial charge in [0.1, 0.15) is 5.76 Å². The van der Waals surface area contributed by atoms with Crippen LogP contribution >= 0.6 is 11.8 Å². The first-order chi connectivity index (χ1) is 13.8. The maximum atomic E-state index is 12.2. The van der Waals surface area contributed by atoms with E-state index in [4.69, 9.17) is 4.42 Å². The van der Waals surface area contributed by atoms with Crippen LogP contribution in [0.5, 0.6) is 0 Å². The third kappa shape index (κ3) is 3.31. The molecule has 28 heavy (non-hydrogen) atoms. The first kappa shape index (κ1) is 17.1. The zero-order valence-electron chi connectivity index (χ0n) is 15.1. The minimum atomic E-state index is -0.0552. The van der Waals surface area contributed by atoms with E-state index in [2.05, 4.69) is 37.2 Å². The van der Waals surface area contributed by atoms with Crippen molar-refractivity contribution in [2.24, 2.45) is 0 Å². The Morgan fingerprint density at radius 2 is 2.14 bits per heavy atom. The van der Waals surface area contributed by atoms with E-state index < -0.39 is 0 Å². The van der Waals surface area contributed by atoms with Crippen LogP contribution in [-0.2, 0) is 11.3 Å². The van der Waals surface area contributed by atoms with Crippen molar-refractivity contribution < 1.29 is 9.21 Å². The summed E-state index contributed by atoms with van der Waals surface area (Å²) in [6.45, 7) is 0.391. The first-order valence-electron chi connectivity index (χ1n) is 9.23. The number of carbonyl (C=O) groups excluding carboxylic acids is 1. The number of aromatic amines is 1. The number of nitrogens with zero attached hydrogens (tertiary/aromatic N) is 3. The molecule has 3 aromatic heterocycles. The van der Waals surface area contributed by atoms with Gasteiger partial charge in [0.15, 0.2) is 11.0 Å². The van der Waals surface area contributed by atoms with E-state index in [1.807, 2.05) is 24.4 Å². The van der Waals surface area contributed by atoms with Crippen molar-refractivity contribution in [2.45, 2.75) is 30.6 Å². The van der Waals surface area contributed by atoms with Crippen LogP contribution in [0.3, 0.4) is 0 Å². The summed E-state index contributed by atoms with van der Waals surface area (Å²) in [5.41, 5.74) is 2.12. The SMILES string of the molecule is O=C(CSc1nnc(-c2c[nH]c3ccccc23)n1C1CC1)NCc1ccco1. The van der Waals surface area contributed by atoms with E-state index in [1.54, 1.807) is 12.3 Å². The van der Waals surface area contributed by atoms with E-state index in [0.29, 0.717) is 18.3 Å². The van der Waals surface area contributed by atoms with E-state index in [9.17, 15) is 4.79 Å². The Kier molecular flexibility index (Phi) is 4.40. The van der Waals surface area contributed by atoms with Crippen LogP contribution in [-0.4, -0.2) is 31.4 Å². The molecule has 8 heteroatoms. The van der Waals surface area contributed by atoms with Gasteiger partial charge in [-0.15, -0.1) is 10.2 Å². The summed E-state index contributed by atoms with van der Waals surface area (Å²) in [4.78, 5) is 15.5. The molecule has 0 radical (unpaired) electrons. The largest absolute Gasteiger partial charge is 0.467 e. The summed E-state index contributed by atoms with van der Waals surface area (Å²) < 4.78 is 7.42. The van der Waals surface area contributed by atoms with Gasteiger partial charge in [0.2, 0.25) is 5.91 Å². The van der Waals surface area contributed by atoms with Crippen molar-refractivity contribution in [3.8, 4) is 11.4 Å². The maximum absolute atomic E-state index is 12.2. The zero-order valence-corrected chi connectivity index (χ0v) is 15.9. The van der Waals surface area contributed by atoms with Gasteiger partial charge in [0.05, 0.1) is 18.6 Å². The molecule has 1 aliphatic carbocycles. The van der Waals surface area contributed by atoms with Crippen molar-refractivity contribution in [1.82, 2.24) is 25.1 Å². The molecule has 1 fully saturated rings. The predicted molar refractivity (Wildman–Crippen MR) is 107 cm³/mol. The van der Waals surface area contributed by atoms with Crippen LogP contribution in [0.1, 0.15) is 24.6 Å². The van der Waals surface area contributed by atoms with Crippen LogP contribution in [0.25, 0.3) is 22.3 Å². The highest BCUT2D eigenvalue weighted by Gasteiger charge is 2.31. The van der Waals surface area contributed by atoms with Crippen LogP contribution < -0.4 is 5.32 Å². The second kappa shape index (κ2) is 7.20. The lowest BCUT2D eigenvalue weighted by Gasteiger charge is -2.08. The third-order valence-electron chi connectivity index (χ3n) is 4.78. The monoisotopic (exact) mass is 393 g/mol. The highest BCUT2D eigenvalue weighted by molar-refractivity contribution is 7.99. The summed E-state index contributed by atoms with van der Waals surface area (Å²) in [7, 11) is 0. The molecular formula is C20H19N5O2S. The maximum Gasteiger partial charge on any atom is 0.230 e. The van der Waals surface area contributed by atoms with Gasteiger partial charge >= 0.3 is 0 Å². The standard InChI is InChI=1S/C20H19N5O2S/c26-18(22-10-14-4-3-9-27-14)12-28-20-24-23-19(25(20)13-7-8-13)16-11-21-17-6-2-1-5-15(16)17/h1-6,9,11,13,21H,7-8,10,12H2,(H,22,26). The minimum Gasteiger partial charge on any atom is -0.467 e. The number of nitrogens with one attached hydrogen (secondary N) is 2. The molecule has 0 saturated heterocycles. The number of rotatable bonds is 7. The number of para-hydroxylation sites is 1. The topological polar surface area (TPSA) is 88.7 Å². The number of thioether (sulfide) groups is 1. The third-order valence-corrected chi connectivity index (χ3v) is 5.72. The molecule has 3 heterocycles. The lowest BCUT2D eigenvalue weighted by molar-refractivity contribution is -0.118. The number of amides is 1. The molecule has 0 atom stereocenters. The molecule has 1 saturated carbocycles. The molecule has 5 rings (SSSR count). The van der Waals surface area contributed by atoms with Gasteiger partial charge in [-0.05, 0) is 31.0 Å². The number of hydrogen-bond acceptors (Lipinski definition) is 5. The summed E-state index contributed by atoms with van der Waals surface area (Å²) in [5, 5.41) is 13.6. The van der Waals surface area contributed by atoms with E-state index in [1.165, 1.54) is 11.8 Å². The van der Waals surface area contributed by atoms with Crippen molar-refractivity contribution >= 4 is 28.6 Å². The van der Waals surface area contributed by atoms with Crippen molar-refractivity contribution in [1.29, 1.82) is 0 Å².